The summed E-state index contributed by atoms with van der Waals surface area (Å²) in [7, 11) is 0. The van der Waals surface area contributed by atoms with Gasteiger partial charge in [0.15, 0.2) is 5.78 Å². The monoisotopic (exact) mass is 348 g/mol. The number of hydrogen-bond donors (Lipinski definition) is 2. The van der Waals surface area contributed by atoms with Crippen molar-refractivity contribution in [2.75, 3.05) is 18.5 Å². The maximum atomic E-state index is 14.8. The van der Waals surface area contributed by atoms with E-state index in [4.69, 9.17) is 22.1 Å². The average molecular weight is 349 g/mol. The topological polar surface area (TPSA) is 64.4 Å². The quantitative estimate of drug-likeness (QED) is 0.822. The third-order valence-electron chi connectivity index (χ3n) is 4.11. The minimum Gasteiger partial charge on any atom is -0.490 e. The summed E-state index contributed by atoms with van der Waals surface area (Å²) in [5.41, 5.74) is 7.19. The van der Waals surface area contributed by atoms with Crippen LogP contribution in [-0.2, 0) is 0 Å². The van der Waals surface area contributed by atoms with Crippen LogP contribution in [0.3, 0.4) is 0 Å². The summed E-state index contributed by atoms with van der Waals surface area (Å²) in [6, 6.07) is 7.54. The molecule has 4 nitrogen and oxygen atoms in total. The number of nitrogens with one attached hydrogen (secondary N) is 1. The molecule has 2 aromatic rings. The molecule has 0 amide bonds. The smallest absolute Gasteiger partial charge is 0.197 e. The molecule has 126 valence electrons. The molecule has 24 heavy (non-hydrogen) atoms. The molecule has 0 bridgehead atoms. The van der Waals surface area contributed by atoms with Gasteiger partial charge < -0.3 is 15.8 Å². The van der Waals surface area contributed by atoms with Crippen LogP contribution in [0.2, 0.25) is 5.02 Å². The van der Waals surface area contributed by atoms with Crippen molar-refractivity contribution < 1.29 is 13.9 Å². The molecule has 1 atom stereocenters. The molecule has 1 aliphatic heterocycles. The fraction of sp³-hybridized carbons (Fsp3) is 0.278. The van der Waals surface area contributed by atoms with Crippen LogP contribution in [0, 0.1) is 5.82 Å². The van der Waals surface area contributed by atoms with Crippen LogP contribution in [0.5, 0.6) is 5.75 Å². The Morgan fingerprint density at radius 3 is 2.96 bits per heavy atom. The summed E-state index contributed by atoms with van der Waals surface area (Å²) in [4.78, 5) is 12.8. The van der Waals surface area contributed by atoms with Crippen molar-refractivity contribution in [2.24, 2.45) is 5.73 Å². The first-order valence-corrected chi connectivity index (χ1v) is 8.19. The first kappa shape index (κ1) is 16.7. The molecule has 0 saturated heterocycles. The van der Waals surface area contributed by atoms with Crippen molar-refractivity contribution in [3.8, 4) is 5.75 Å². The third kappa shape index (κ3) is 2.97. The molecule has 3 N–H and O–H groups in total. The van der Waals surface area contributed by atoms with Gasteiger partial charge in [-0.25, -0.2) is 4.39 Å². The van der Waals surface area contributed by atoms with Gasteiger partial charge in [-0.3, -0.25) is 4.79 Å². The van der Waals surface area contributed by atoms with Gasteiger partial charge in [0.2, 0.25) is 0 Å². The summed E-state index contributed by atoms with van der Waals surface area (Å²) in [5, 5.41) is 3.24. The van der Waals surface area contributed by atoms with E-state index in [0.29, 0.717) is 36.4 Å². The van der Waals surface area contributed by atoms with Gasteiger partial charge in [-0.1, -0.05) is 24.6 Å². The van der Waals surface area contributed by atoms with E-state index in [1.165, 1.54) is 12.1 Å². The van der Waals surface area contributed by atoms with Crippen LogP contribution in [0.1, 0.15) is 40.9 Å². The summed E-state index contributed by atoms with van der Waals surface area (Å²) in [6.45, 7) is 3.08. The molecule has 0 aromatic heterocycles. The normalized spacial score (nSPS) is 14.3. The van der Waals surface area contributed by atoms with Crippen molar-refractivity contribution in [1.82, 2.24) is 0 Å². The van der Waals surface area contributed by atoms with Gasteiger partial charge in [-0.05, 0) is 30.7 Å². The number of carbonyl (C=O) groups excluding carboxylic acids is 1. The molecule has 1 heterocycles. The van der Waals surface area contributed by atoms with E-state index in [-0.39, 0.29) is 10.6 Å². The first-order valence-electron chi connectivity index (χ1n) is 7.81. The molecule has 1 aliphatic rings. The summed E-state index contributed by atoms with van der Waals surface area (Å²) >= 11 is 6.09. The number of anilines is 1. The van der Waals surface area contributed by atoms with Crippen LogP contribution >= 0.6 is 11.6 Å². The molecule has 3 rings (SSSR count). The molecule has 0 aliphatic carbocycles. The van der Waals surface area contributed by atoms with Crippen molar-refractivity contribution in [2.45, 2.75) is 19.4 Å². The number of nitrogens with two attached hydrogens (primary N) is 1. The lowest BCUT2D eigenvalue weighted by molar-refractivity contribution is 0.103. The summed E-state index contributed by atoms with van der Waals surface area (Å²) < 4.78 is 20.3. The largest absolute Gasteiger partial charge is 0.490 e. The fourth-order valence-corrected chi connectivity index (χ4v) is 2.93. The molecular formula is C18H18ClFN2O2. The number of carbonyl (C=O) groups is 1. The van der Waals surface area contributed by atoms with Crippen LogP contribution in [0.25, 0.3) is 0 Å². The molecule has 0 fully saturated rings. The minimum atomic E-state index is -0.654. The Hall–Kier alpha value is -2.11. The standard InChI is InChI=1S/C18H18ClFN2O2/c1-2-13(21)11-4-5-12(19)16(17(11)20)18(23)10-3-6-14-15(9-10)24-8-7-22-14/h3-6,9,13,22H,2,7-8,21H2,1H3/t13-/m1/s1. The van der Waals surface area contributed by atoms with Gasteiger partial charge in [0.25, 0.3) is 0 Å². The SMILES string of the molecule is CC[C@@H](N)c1ccc(Cl)c(C(=O)c2ccc3c(c2)OCCN3)c1F. The van der Waals surface area contributed by atoms with Gasteiger partial charge in [-0.15, -0.1) is 0 Å². The highest BCUT2D eigenvalue weighted by Crippen LogP contribution is 2.32. The molecule has 0 spiro atoms. The maximum absolute atomic E-state index is 14.8. The third-order valence-corrected chi connectivity index (χ3v) is 4.42. The lowest BCUT2D eigenvalue weighted by Crippen LogP contribution is -2.19. The van der Waals surface area contributed by atoms with E-state index in [9.17, 15) is 9.18 Å². The zero-order valence-electron chi connectivity index (χ0n) is 13.2. The fourth-order valence-electron chi connectivity index (χ4n) is 2.70. The highest BCUT2D eigenvalue weighted by Gasteiger charge is 2.24. The minimum absolute atomic E-state index is 0.0707. The Kier molecular flexibility index (Phi) is 4.73. The van der Waals surface area contributed by atoms with Gasteiger partial charge in [0.1, 0.15) is 18.2 Å². The van der Waals surface area contributed by atoms with Gasteiger partial charge in [0, 0.05) is 23.7 Å². The predicted octanol–water partition coefficient (Wildman–Crippen LogP) is 3.92. The second-order valence-electron chi connectivity index (χ2n) is 5.66. The molecular weight excluding hydrogens is 331 g/mol. The second kappa shape index (κ2) is 6.79. The number of ether oxygens (including phenoxy) is 1. The van der Waals surface area contributed by atoms with Crippen molar-refractivity contribution >= 4 is 23.1 Å². The van der Waals surface area contributed by atoms with Crippen LogP contribution in [0.15, 0.2) is 30.3 Å². The first-order chi connectivity index (χ1) is 11.5. The lowest BCUT2D eigenvalue weighted by atomic mass is 9.96. The molecule has 6 heteroatoms. The van der Waals surface area contributed by atoms with E-state index in [2.05, 4.69) is 5.32 Å². The Bertz CT molecular complexity index is 795. The maximum Gasteiger partial charge on any atom is 0.197 e. The Labute approximate surface area is 144 Å². The van der Waals surface area contributed by atoms with Crippen molar-refractivity contribution in [3.63, 3.8) is 0 Å². The van der Waals surface area contributed by atoms with E-state index in [1.54, 1.807) is 18.2 Å². The zero-order chi connectivity index (χ0) is 17.3. The number of rotatable bonds is 4. The molecule has 2 aromatic carbocycles. The summed E-state index contributed by atoms with van der Waals surface area (Å²) in [6.07, 6.45) is 0.560. The Morgan fingerprint density at radius 1 is 1.42 bits per heavy atom. The second-order valence-corrected chi connectivity index (χ2v) is 6.06. The predicted molar refractivity (Wildman–Crippen MR) is 92.5 cm³/mol. The number of hydrogen-bond acceptors (Lipinski definition) is 4. The van der Waals surface area contributed by atoms with Gasteiger partial charge in [0.05, 0.1) is 16.3 Å². The number of benzene rings is 2. The Morgan fingerprint density at radius 2 is 2.21 bits per heavy atom. The van der Waals surface area contributed by atoms with Crippen molar-refractivity contribution in [1.29, 1.82) is 0 Å². The number of ketones is 1. The van der Waals surface area contributed by atoms with Crippen LogP contribution in [-0.4, -0.2) is 18.9 Å². The Balaban J connectivity index is 2.04. The van der Waals surface area contributed by atoms with Gasteiger partial charge >= 0.3 is 0 Å². The van der Waals surface area contributed by atoms with E-state index < -0.39 is 17.6 Å². The highest BCUT2D eigenvalue weighted by atomic mass is 35.5. The molecule has 0 unspecified atom stereocenters. The van der Waals surface area contributed by atoms with Crippen LogP contribution in [0.4, 0.5) is 10.1 Å². The lowest BCUT2D eigenvalue weighted by Gasteiger charge is -2.20. The molecule has 0 radical (unpaired) electrons. The van der Waals surface area contributed by atoms with E-state index in [1.807, 2.05) is 6.92 Å². The molecule has 0 saturated carbocycles. The van der Waals surface area contributed by atoms with Crippen molar-refractivity contribution in [3.05, 3.63) is 57.9 Å². The average Bonchev–Trinajstić information content (AvgIpc) is 2.60. The number of fused-ring (bicyclic) bond motifs is 1. The van der Waals surface area contributed by atoms with Crippen LogP contribution < -0.4 is 15.8 Å². The van der Waals surface area contributed by atoms with Gasteiger partial charge in [-0.2, -0.15) is 0 Å². The van der Waals surface area contributed by atoms with E-state index >= 15 is 0 Å². The number of halogens is 2. The highest BCUT2D eigenvalue weighted by molar-refractivity contribution is 6.35. The summed E-state index contributed by atoms with van der Waals surface area (Å²) in [5.74, 6) is -0.566. The van der Waals surface area contributed by atoms with E-state index in [0.717, 1.165) is 5.69 Å². The zero-order valence-corrected chi connectivity index (χ0v) is 14.0.